The van der Waals surface area contributed by atoms with E-state index in [0.717, 1.165) is 22.9 Å². The number of carbonyl (C=O) groups is 1. The second kappa shape index (κ2) is 11.6. The fourth-order valence-electron chi connectivity index (χ4n) is 3.71. The van der Waals surface area contributed by atoms with Crippen molar-refractivity contribution in [1.29, 1.82) is 0 Å². The highest BCUT2D eigenvalue weighted by molar-refractivity contribution is 8.27. The molecule has 0 N–H and O–H groups in total. The molecular formula is C27H21ClN2O5S2. The molecule has 7 nitrogen and oxygen atoms in total. The monoisotopic (exact) mass is 552 g/mol. The van der Waals surface area contributed by atoms with Gasteiger partial charge < -0.3 is 9.47 Å². The lowest BCUT2D eigenvalue weighted by Crippen LogP contribution is -2.27. The smallest absolute Gasteiger partial charge is 0.271 e. The number of rotatable bonds is 9. The van der Waals surface area contributed by atoms with Gasteiger partial charge in [0, 0.05) is 22.7 Å². The average molecular weight is 553 g/mol. The highest BCUT2D eigenvalue weighted by Gasteiger charge is 2.34. The number of nitro groups is 1. The van der Waals surface area contributed by atoms with Gasteiger partial charge in [0.25, 0.3) is 11.6 Å². The van der Waals surface area contributed by atoms with Crippen LogP contribution in [0.2, 0.25) is 5.02 Å². The number of thiocarbonyl (C=S) groups is 1. The van der Waals surface area contributed by atoms with Gasteiger partial charge >= 0.3 is 0 Å². The molecule has 0 aliphatic carbocycles. The zero-order valence-electron chi connectivity index (χ0n) is 19.7. The van der Waals surface area contributed by atoms with E-state index in [-0.39, 0.29) is 15.9 Å². The molecule has 1 aliphatic rings. The quantitative estimate of drug-likeness (QED) is 0.0931. The molecule has 0 aromatic heterocycles. The number of non-ortho nitro benzene ring substituents is 1. The molecule has 1 amide bonds. The van der Waals surface area contributed by atoms with Crippen molar-refractivity contribution in [3.05, 3.63) is 110 Å². The van der Waals surface area contributed by atoms with Crippen molar-refractivity contribution >= 4 is 63.3 Å². The van der Waals surface area contributed by atoms with Crippen LogP contribution in [0.3, 0.4) is 0 Å². The van der Waals surface area contributed by atoms with E-state index in [1.54, 1.807) is 43.5 Å². The molecule has 1 aliphatic heterocycles. The number of benzene rings is 3. The van der Waals surface area contributed by atoms with E-state index in [0.29, 0.717) is 45.7 Å². The summed E-state index contributed by atoms with van der Waals surface area (Å²) in [5.41, 5.74) is 2.72. The van der Waals surface area contributed by atoms with Crippen LogP contribution in [0.1, 0.15) is 16.7 Å². The number of anilines is 1. The van der Waals surface area contributed by atoms with Gasteiger partial charge in [-0.25, -0.2) is 0 Å². The van der Waals surface area contributed by atoms with Gasteiger partial charge in [0.2, 0.25) is 0 Å². The Morgan fingerprint density at radius 2 is 1.95 bits per heavy atom. The third-order valence-corrected chi connectivity index (χ3v) is 6.98. The highest BCUT2D eigenvalue weighted by Crippen LogP contribution is 2.39. The summed E-state index contributed by atoms with van der Waals surface area (Å²) in [7, 11) is 1.55. The molecule has 0 atom stereocenters. The normalized spacial score (nSPS) is 14.2. The number of methoxy groups -OCH3 is 1. The van der Waals surface area contributed by atoms with Crippen molar-refractivity contribution < 1.29 is 19.2 Å². The minimum atomic E-state index is -0.513. The van der Waals surface area contributed by atoms with E-state index in [2.05, 4.69) is 6.58 Å². The summed E-state index contributed by atoms with van der Waals surface area (Å²) in [6, 6.07) is 16.9. The van der Waals surface area contributed by atoms with Crippen molar-refractivity contribution in [3.63, 3.8) is 0 Å². The van der Waals surface area contributed by atoms with Crippen LogP contribution in [-0.4, -0.2) is 22.3 Å². The maximum atomic E-state index is 13.2. The predicted octanol–water partition coefficient (Wildman–Crippen LogP) is 6.97. The first-order valence-electron chi connectivity index (χ1n) is 11.0. The SMILES string of the molecule is C=CCc1cc(/C=C2/SC(=S)N(c3cccc([N+](=O)[O-])c3)C2=O)cc(OC)c1OCc1ccc(Cl)cc1. The molecule has 1 heterocycles. The summed E-state index contributed by atoms with van der Waals surface area (Å²) in [6.45, 7) is 4.16. The van der Waals surface area contributed by atoms with Crippen LogP contribution in [0, 0.1) is 10.1 Å². The summed E-state index contributed by atoms with van der Waals surface area (Å²) in [4.78, 5) is 25.6. The average Bonchev–Trinajstić information content (AvgIpc) is 3.16. The molecular weight excluding hydrogens is 532 g/mol. The van der Waals surface area contributed by atoms with Gasteiger partial charge in [0.1, 0.15) is 6.61 Å². The first-order chi connectivity index (χ1) is 17.8. The van der Waals surface area contributed by atoms with Crippen molar-refractivity contribution in [1.82, 2.24) is 0 Å². The maximum Gasteiger partial charge on any atom is 0.271 e. The standard InChI is InChI=1S/C27H21ClN2O5S2/c1-3-5-19-12-18(13-23(34-2)25(19)35-16-17-8-10-20(28)11-9-17)14-24-26(31)29(27(36)37-24)21-6-4-7-22(15-21)30(32)33/h3-4,6-15H,1,5,16H2,2H3/b24-14+. The van der Waals surface area contributed by atoms with Gasteiger partial charge in [-0.1, -0.05) is 59.9 Å². The van der Waals surface area contributed by atoms with Crippen molar-refractivity contribution in [2.45, 2.75) is 13.0 Å². The zero-order valence-corrected chi connectivity index (χ0v) is 22.1. The summed E-state index contributed by atoms with van der Waals surface area (Å²) in [5.74, 6) is 0.732. The van der Waals surface area contributed by atoms with Crippen LogP contribution < -0.4 is 14.4 Å². The lowest BCUT2D eigenvalue weighted by molar-refractivity contribution is -0.384. The van der Waals surface area contributed by atoms with E-state index in [9.17, 15) is 14.9 Å². The first kappa shape index (κ1) is 26.4. The zero-order chi connectivity index (χ0) is 26.5. The van der Waals surface area contributed by atoms with Gasteiger partial charge in [0.05, 0.1) is 22.6 Å². The van der Waals surface area contributed by atoms with Crippen molar-refractivity contribution in [2.24, 2.45) is 0 Å². The van der Waals surface area contributed by atoms with Gasteiger partial charge in [-0.2, -0.15) is 0 Å². The Labute approximate surface area is 228 Å². The van der Waals surface area contributed by atoms with Crippen LogP contribution in [0.5, 0.6) is 11.5 Å². The second-order valence-corrected chi connectivity index (χ2v) is 10.0. The third kappa shape index (κ3) is 6.02. The largest absolute Gasteiger partial charge is 0.493 e. The number of hydrogen-bond acceptors (Lipinski definition) is 7. The maximum absolute atomic E-state index is 13.2. The molecule has 0 radical (unpaired) electrons. The molecule has 188 valence electrons. The summed E-state index contributed by atoms with van der Waals surface area (Å²) < 4.78 is 12.0. The summed E-state index contributed by atoms with van der Waals surface area (Å²) >= 11 is 12.5. The third-order valence-electron chi connectivity index (χ3n) is 5.42. The molecule has 10 heteroatoms. The lowest BCUT2D eigenvalue weighted by atomic mass is 10.0. The number of allylic oxidation sites excluding steroid dienone is 1. The number of amides is 1. The number of carbonyl (C=O) groups excluding carboxylic acids is 1. The minimum absolute atomic E-state index is 0.122. The number of ether oxygens (including phenoxy) is 2. The van der Waals surface area contributed by atoms with Gasteiger partial charge in [-0.15, -0.1) is 6.58 Å². The number of thioether (sulfide) groups is 1. The summed E-state index contributed by atoms with van der Waals surface area (Å²) in [5, 5.41) is 11.8. The molecule has 1 saturated heterocycles. The molecule has 0 saturated carbocycles. The minimum Gasteiger partial charge on any atom is -0.493 e. The van der Waals surface area contributed by atoms with Crippen LogP contribution in [-0.2, 0) is 17.8 Å². The molecule has 1 fully saturated rings. The molecule has 0 spiro atoms. The Hall–Kier alpha value is -3.66. The molecule has 37 heavy (non-hydrogen) atoms. The number of halogens is 1. The Balaban J connectivity index is 1.64. The first-order valence-corrected chi connectivity index (χ1v) is 12.6. The molecule has 0 unspecified atom stereocenters. The predicted molar refractivity (Wildman–Crippen MR) is 151 cm³/mol. The van der Waals surface area contributed by atoms with Crippen molar-refractivity contribution in [3.8, 4) is 11.5 Å². The molecule has 0 bridgehead atoms. The molecule has 4 rings (SSSR count). The van der Waals surface area contributed by atoms with E-state index >= 15 is 0 Å². The fourth-order valence-corrected chi connectivity index (χ4v) is 5.14. The Morgan fingerprint density at radius 3 is 2.62 bits per heavy atom. The molecule has 3 aromatic rings. The van der Waals surface area contributed by atoms with Crippen LogP contribution >= 0.6 is 35.6 Å². The van der Waals surface area contributed by atoms with Gasteiger partial charge in [0.15, 0.2) is 15.8 Å². The van der Waals surface area contributed by atoms with Crippen molar-refractivity contribution in [2.75, 3.05) is 12.0 Å². The van der Waals surface area contributed by atoms with Crippen LogP contribution in [0.4, 0.5) is 11.4 Å². The van der Waals surface area contributed by atoms with Crippen LogP contribution in [0.25, 0.3) is 6.08 Å². The Morgan fingerprint density at radius 1 is 1.19 bits per heavy atom. The number of nitro benzene ring substituents is 1. The van der Waals surface area contributed by atoms with E-state index in [1.807, 2.05) is 18.2 Å². The topological polar surface area (TPSA) is 81.9 Å². The van der Waals surface area contributed by atoms with Gasteiger partial charge in [-0.3, -0.25) is 19.8 Å². The van der Waals surface area contributed by atoms with E-state index < -0.39 is 4.92 Å². The van der Waals surface area contributed by atoms with E-state index in [4.69, 9.17) is 33.3 Å². The molecule has 3 aromatic carbocycles. The number of hydrogen-bond donors (Lipinski definition) is 0. The number of nitrogens with zero attached hydrogens (tertiary/aromatic N) is 2. The highest BCUT2D eigenvalue weighted by atomic mass is 35.5. The Bertz CT molecular complexity index is 1420. The second-order valence-electron chi connectivity index (χ2n) is 7.91. The van der Waals surface area contributed by atoms with E-state index in [1.165, 1.54) is 23.1 Å². The fraction of sp³-hybridized carbons (Fsp3) is 0.111. The lowest BCUT2D eigenvalue weighted by Gasteiger charge is -2.16. The summed E-state index contributed by atoms with van der Waals surface area (Å²) in [6.07, 6.45) is 3.99. The van der Waals surface area contributed by atoms with Crippen LogP contribution in [0.15, 0.2) is 78.2 Å². The Kier molecular flexibility index (Phi) is 8.27. The van der Waals surface area contributed by atoms with Gasteiger partial charge in [-0.05, 0) is 54.0 Å².